The van der Waals surface area contributed by atoms with Gasteiger partial charge in [-0.15, -0.1) is 23.4 Å². The normalized spacial score (nSPS) is 11.7. The zero-order chi connectivity index (χ0) is 17.2. The third-order valence-electron chi connectivity index (χ3n) is 3.10. The molecule has 0 bridgehead atoms. The van der Waals surface area contributed by atoms with Gasteiger partial charge in [-0.3, -0.25) is 0 Å². The fourth-order valence-corrected chi connectivity index (χ4v) is 2.86. The molecule has 24 heavy (non-hydrogen) atoms. The Kier molecular flexibility index (Phi) is 4.52. The third kappa shape index (κ3) is 3.91. The largest absolute Gasteiger partial charge is 0.573 e. The molecule has 0 aliphatic rings. The van der Waals surface area contributed by atoms with Crippen molar-refractivity contribution >= 4 is 11.8 Å². The quantitative estimate of drug-likeness (QED) is 0.640. The zero-order valence-electron chi connectivity index (χ0n) is 12.4. The van der Waals surface area contributed by atoms with Crippen LogP contribution in [0.2, 0.25) is 0 Å². The molecule has 0 saturated heterocycles. The van der Waals surface area contributed by atoms with Crippen LogP contribution in [0.25, 0.3) is 11.6 Å². The molecule has 5 nitrogen and oxygen atoms in total. The molecule has 0 spiro atoms. The molecule has 0 fully saturated rings. The van der Waals surface area contributed by atoms with Crippen LogP contribution in [-0.2, 0) is 12.8 Å². The molecule has 0 amide bonds. The van der Waals surface area contributed by atoms with Crippen molar-refractivity contribution in [2.45, 2.75) is 17.3 Å². The van der Waals surface area contributed by atoms with Crippen molar-refractivity contribution in [1.29, 1.82) is 0 Å². The second-order valence-electron chi connectivity index (χ2n) is 4.82. The molecule has 0 saturated carbocycles. The average molecular weight is 355 g/mol. The third-order valence-corrected chi connectivity index (χ3v) is 4.19. The van der Waals surface area contributed by atoms with Crippen LogP contribution in [0.4, 0.5) is 13.2 Å². The summed E-state index contributed by atoms with van der Waals surface area (Å²) in [5, 5.41) is 8.85. The highest BCUT2D eigenvalue weighted by Crippen LogP contribution is 2.27. The van der Waals surface area contributed by atoms with Gasteiger partial charge in [0.2, 0.25) is 0 Å². The van der Waals surface area contributed by atoms with E-state index in [4.69, 9.17) is 4.42 Å². The van der Waals surface area contributed by atoms with E-state index in [-0.39, 0.29) is 5.75 Å². The van der Waals surface area contributed by atoms with Crippen LogP contribution in [-0.4, -0.2) is 21.1 Å². The monoisotopic (exact) mass is 355 g/mol. The fourth-order valence-electron chi connectivity index (χ4n) is 2.00. The first-order valence-electron chi connectivity index (χ1n) is 6.83. The minimum Gasteiger partial charge on any atom is -0.461 e. The molecule has 3 aromatic rings. The summed E-state index contributed by atoms with van der Waals surface area (Å²) in [6.07, 6.45) is -3.13. The smallest absolute Gasteiger partial charge is 0.461 e. The maximum atomic E-state index is 12.1. The first-order chi connectivity index (χ1) is 11.4. The van der Waals surface area contributed by atoms with Crippen molar-refractivity contribution in [3.05, 3.63) is 48.2 Å². The predicted molar refractivity (Wildman–Crippen MR) is 81.4 cm³/mol. The van der Waals surface area contributed by atoms with Crippen LogP contribution in [0.1, 0.15) is 5.56 Å². The topological polar surface area (TPSA) is 53.1 Å². The molecule has 0 unspecified atom stereocenters. The molecule has 126 valence electrons. The summed E-state index contributed by atoms with van der Waals surface area (Å²) < 4.78 is 47.3. The van der Waals surface area contributed by atoms with Gasteiger partial charge in [0.25, 0.3) is 0 Å². The molecule has 3 rings (SSSR count). The molecule has 0 aliphatic carbocycles. The Bertz CT molecular complexity index is 798. The molecular weight excluding hydrogens is 343 g/mol. The van der Waals surface area contributed by atoms with Gasteiger partial charge in [0, 0.05) is 12.8 Å². The Morgan fingerprint density at radius 3 is 2.54 bits per heavy atom. The number of hydrogen-bond acceptors (Lipinski definition) is 5. The van der Waals surface area contributed by atoms with Gasteiger partial charge < -0.3 is 13.7 Å². The molecule has 0 radical (unpaired) electrons. The number of furan rings is 1. The lowest BCUT2D eigenvalue weighted by Gasteiger charge is -2.09. The number of ether oxygens (including phenoxy) is 1. The Balaban J connectivity index is 1.64. The highest BCUT2D eigenvalue weighted by molar-refractivity contribution is 7.98. The highest BCUT2D eigenvalue weighted by Gasteiger charge is 2.30. The first-order valence-corrected chi connectivity index (χ1v) is 7.82. The fraction of sp³-hybridized carbons (Fsp3) is 0.200. The van der Waals surface area contributed by atoms with Gasteiger partial charge in [-0.1, -0.05) is 23.9 Å². The van der Waals surface area contributed by atoms with Crippen molar-refractivity contribution in [1.82, 2.24) is 14.8 Å². The van der Waals surface area contributed by atoms with Gasteiger partial charge in [0.05, 0.1) is 6.26 Å². The van der Waals surface area contributed by atoms with E-state index < -0.39 is 6.36 Å². The summed E-state index contributed by atoms with van der Waals surface area (Å²) in [5.74, 6) is 1.52. The standard InChI is InChI=1S/C15H12F3N3O2S/c1-21-13(12-3-2-8-22-12)19-20-14(21)24-9-10-4-6-11(7-5-10)23-15(16,17)18/h2-8H,9H2,1H3. The lowest BCUT2D eigenvalue weighted by Crippen LogP contribution is -2.16. The predicted octanol–water partition coefficient (Wildman–Crippen LogP) is 4.27. The summed E-state index contributed by atoms with van der Waals surface area (Å²) in [5.41, 5.74) is 0.845. The molecule has 0 N–H and O–H groups in total. The van der Waals surface area contributed by atoms with Crippen molar-refractivity contribution in [3.63, 3.8) is 0 Å². The molecule has 1 aromatic carbocycles. The minimum atomic E-state index is -4.68. The number of halogens is 3. The van der Waals surface area contributed by atoms with Crippen LogP contribution in [0.15, 0.2) is 52.2 Å². The van der Waals surface area contributed by atoms with Gasteiger partial charge >= 0.3 is 6.36 Å². The Hall–Kier alpha value is -2.42. The van der Waals surface area contributed by atoms with Gasteiger partial charge in [0.15, 0.2) is 16.7 Å². The van der Waals surface area contributed by atoms with Crippen molar-refractivity contribution in [2.24, 2.45) is 7.05 Å². The van der Waals surface area contributed by atoms with E-state index in [1.54, 1.807) is 35.1 Å². The molecule has 0 atom stereocenters. The lowest BCUT2D eigenvalue weighted by atomic mass is 10.2. The van der Waals surface area contributed by atoms with Gasteiger partial charge in [0.1, 0.15) is 5.75 Å². The molecular formula is C15H12F3N3O2S. The van der Waals surface area contributed by atoms with E-state index >= 15 is 0 Å². The SMILES string of the molecule is Cn1c(SCc2ccc(OC(F)(F)F)cc2)nnc1-c1ccco1. The lowest BCUT2D eigenvalue weighted by molar-refractivity contribution is -0.274. The van der Waals surface area contributed by atoms with Crippen LogP contribution >= 0.6 is 11.8 Å². The Labute approximate surface area is 139 Å². The maximum Gasteiger partial charge on any atom is 0.573 e. The van der Waals surface area contributed by atoms with Crippen LogP contribution in [0.3, 0.4) is 0 Å². The van der Waals surface area contributed by atoms with Crippen molar-refractivity contribution in [2.75, 3.05) is 0 Å². The maximum absolute atomic E-state index is 12.1. The van der Waals surface area contributed by atoms with E-state index in [9.17, 15) is 13.2 Å². The summed E-state index contributed by atoms with van der Waals surface area (Å²) in [6, 6.07) is 9.29. The van der Waals surface area contributed by atoms with Crippen LogP contribution in [0, 0.1) is 0 Å². The van der Waals surface area contributed by atoms with Gasteiger partial charge in [-0.2, -0.15) is 0 Å². The number of hydrogen-bond donors (Lipinski definition) is 0. The Morgan fingerprint density at radius 2 is 1.92 bits per heavy atom. The van der Waals surface area contributed by atoms with Crippen LogP contribution in [0.5, 0.6) is 5.75 Å². The van der Waals surface area contributed by atoms with E-state index in [0.29, 0.717) is 22.5 Å². The average Bonchev–Trinajstić information content (AvgIpc) is 3.15. The van der Waals surface area contributed by atoms with E-state index in [0.717, 1.165) is 5.56 Å². The second kappa shape index (κ2) is 6.60. The van der Waals surface area contributed by atoms with E-state index in [1.165, 1.54) is 23.9 Å². The summed E-state index contributed by atoms with van der Waals surface area (Å²) >= 11 is 1.42. The second-order valence-corrected chi connectivity index (χ2v) is 5.77. The number of alkyl halides is 3. The van der Waals surface area contributed by atoms with Crippen molar-refractivity contribution in [3.8, 4) is 17.3 Å². The number of thioether (sulfide) groups is 1. The number of nitrogens with zero attached hydrogens (tertiary/aromatic N) is 3. The molecule has 2 aromatic heterocycles. The van der Waals surface area contributed by atoms with Gasteiger partial charge in [-0.05, 0) is 29.8 Å². The number of benzene rings is 1. The first kappa shape index (κ1) is 16.4. The zero-order valence-corrected chi connectivity index (χ0v) is 13.3. The number of aromatic nitrogens is 3. The van der Waals surface area contributed by atoms with E-state index in [1.807, 2.05) is 7.05 Å². The van der Waals surface area contributed by atoms with Crippen molar-refractivity contribution < 1.29 is 22.3 Å². The summed E-state index contributed by atoms with van der Waals surface area (Å²) in [6.45, 7) is 0. The Morgan fingerprint density at radius 1 is 1.17 bits per heavy atom. The number of rotatable bonds is 5. The highest BCUT2D eigenvalue weighted by atomic mass is 32.2. The molecule has 9 heteroatoms. The summed E-state index contributed by atoms with van der Waals surface area (Å²) in [7, 11) is 1.82. The van der Waals surface area contributed by atoms with Crippen LogP contribution < -0.4 is 4.74 Å². The summed E-state index contributed by atoms with van der Waals surface area (Å²) in [4.78, 5) is 0. The molecule has 0 aliphatic heterocycles. The van der Waals surface area contributed by atoms with E-state index in [2.05, 4.69) is 14.9 Å². The minimum absolute atomic E-state index is 0.241. The van der Waals surface area contributed by atoms with Gasteiger partial charge in [-0.25, -0.2) is 0 Å². The molecule has 2 heterocycles.